The first kappa shape index (κ1) is 13.5. The molecule has 2 rings (SSSR count). The SMILES string of the molecule is Cc1cccc(C(=O)N2CCS(=O)(=O)CC2)c1Br. The highest BCUT2D eigenvalue weighted by atomic mass is 79.9. The van der Waals surface area contributed by atoms with Gasteiger partial charge in [0.2, 0.25) is 0 Å². The predicted molar refractivity (Wildman–Crippen MR) is 73.4 cm³/mol. The van der Waals surface area contributed by atoms with Crippen LogP contribution in [0.4, 0.5) is 0 Å². The van der Waals surface area contributed by atoms with Crippen LogP contribution in [0.1, 0.15) is 15.9 Å². The average Bonchev–Trinajstić information content (AvgIpc) is 2.32. The van der Waals surface area contributed by atoms with E-state index in [-0.39, 0.29) is 30.5 Å². The Morgan fingerprint density at radius 3 is 2.50 bits per heavy atom. The van der Waals surface area contributed by atoms with Crippen LogP contribution >= 0.6 is 15.9 Å². The van der Waals surface area contributed by atoms with Crippen molar-refractivity contribution in [1.29, 1.82) is 0 Å². The number of hydrogen-bond acceptors (Lipinski definition) is 3. The summed E-state index contributed by atoms with van der Waals surface area (Å²) >= 11 is 3.40. The Labute approximate surface area is 115 Å². The molecule has 0 unspecified atom stereocenters. The molecule has 0 aromatic heterocycles. The number of amides is 1. The molecule has 0 atom stereocenters. The average molecular weight is 332 g/mol. The summed E-state index contributed by atoms with van der Waals surface area (Å²) in [6.07, 6.45) is 0. The first-order chi connectivity index (χ1) is 8.41. The molecular weight excluding hydrogens is 318 g/mol. The smallest absolute Gasteiger partial charge is 0.255 e. The van der Waals surface area contributed by atoms with Crippen LogP contribution in [0.5, 0.6) is 0 Å². The molecule has 1 aromatic carbocycles. The van der Waals surface area contributed by atoms with Crippen molar-refractivity contribution in [2.24, 2.45) is 0 Å². The van der Waals surface area contributed by atoms with Crippen LogP contribution in [0, 0.1) is 6.92 Å². The van der Waals surface area contributed by atoms with Gasteiger partial charge in [0, 0.05) is 17.6 Å². The van der Waals surface area contributed by atoms with Gasteiger partial charge in [-0.25, -0.2) is 8.42 Å². The van der Waals surface area contributed by atoms with E-state index in [9.17, 15) is 13.2 Å². The summed E-state index contributed by atoms with van der Waals surface area (Å²) in [5, 5.41) is 0. The van der Waals surface area contributed by atoms with Gasteiger partial charge in [-0.1, -0.05) is 12.1 Å². The Morgan fingerprint density at radius 2 is 1.89 bits per heavy atom. The zero-order valence-electron chi connectivity index (χ0n) is 10.0. The molecule has 0 N–H and O–H groups in total. The van der Waals surface area contributed by atoms with Gasteiger partial charge < -0.3 is 4.90 Å². The van der Waals surface area contributed by atoms with Gasteiger partial charge in [-0.15, -0.1) is 0 Å². The fourth-order valence-electron chi connectivity index (χ4n) is 1.90. The van der Waals surface area contributed by atoms with Crippen molar-refractivity contribution < 1.29 is 13.2 Å². The molecule has 0 saturated carbocycles. The third-order valence-electron chi connectivity index (χ3n) is 3.05. The van der Waals surface area contributed by atoms with Crippen molar-refractivity contribution >= 4 is 31.7 Å². The van der Waals surface area contributed by atoms with Crippen LogP contribution in [0.25, 0.3) is 0 Å². The minimum atomic E-state index is -2.96. The van der Waals surface area contributed by atoms with Crippen LogP contribution in [0.2, 0.25) is 0 Å². The number of hydrogen-bond donors (Lipinski definition) is 0. The Hall–Kier alpha value is -0.880. The summed E-state index contributed by atoms with van der Waals surface area (Å²) in [5.41, 5.74) is 1.58. The van der Waals surface area contributed by atoms with Crippen molar-refractivity contribution in [2.75, 3.05) is 24.6 Å². The fourth-order valence-corrected chi connectivity index (χ4v) is 3.53. The van der Waals surface area contributed by atoms with E-state index in [1.165, 1.54) is 0 Å². The molecule has 1 aliphatic heterocycles. The molecule has 18 heavy (non-hydrogen) atoms. The number of benzene rings is 1. The second-order valence-electron chi connectivity index (χ2n) is 4.38. The van der Waals surface area contributed by atoms with Gasteiger partial charge in [0.25, 0.3) is 5.91 Å². The number of carbonyl (C=O) groups is 1. The summed E-state index contributed by atoms with van der Waals surface area (Å²) in [6.45, 7) is 2.48. The standard InChI is InChI=1S/C12H14BrNO3S/c1-9-3-2-4-10(11(9)13)12(15)14-5-7-18(16,17)8-6-14/h2-4H,5-8H2,1H3. The molecular formula is C12H14BrNO3S. The first-order valence-electron chi connectivity index (χ1n) is 5.65. The van der Waals surface area contributed by atoms with Crippen molar-refractivity contribution in [2.45, 2.75) is 6.92 Å². The maximum atomic E-state index is 12.3. The lowest BCUT2D eigenvalue weighted by atomic mass is 10.1. The number of rotatable bonds is 1. The van der Waals surface area contributed by atoms with Gasteiger partial charge in [-0.3, -0.25) is 4.79 Å². The number of halogens is 1. The molecule has 1 aromatic rings. The molecule has 1 aliphatic rings. The molecule has 1 fully saturated rings. The molecule has 1 saturated heterocycles. The van der Waals surface area contributed by atoms with Crippen LogP contribution < -0.4 is 0 Å². The first-order valence-corrected chi connectivity index (χ1v) is 8.27. The maximum absolute atomic E-state index is 12.3. The van der Waals surface area contributed by atoms with Crippen LogP contribution in [0.15, 0.2) is 22.7 Å². The lowest BCUT2D eigenvalue weighted by Gasteiger charge is -2.27. The number of carbonyl (C=O) groups excluding carboxylic acids is 1. The molecule has 4 nitrogen and oxygen atoms in total. The second kappa shape index (κ2) is 5.01. The topological polar surface area (TPSA) is 54.5 Å². The van der Waals surface area contributed by atoms with E-state index in [0.29, 0.717) is 5.56 Å². The van der Waals surface area contributed by atoms with Gasteiger partial charge in [0.15, 0.2) is 9.84 Å². The van der Waals surface area contributed by atoms with Crippen LogP contribution in [0.3, 0.4) is 0 Å². The summed E-state index contributed by atoms with van der Waals surface area (Å²) in [7, 11) is -2.96. The highest BCUT2D eigenvalue weighted by Gasteiger charge is 2.26. The third kappa shape index (κ3) is 2.75. The molecule has 0 bridgehead atoms. The summed E-state index contributed by atoms with van der Waals surface area (Å²) in [5.74, 6) is 0.00475. The normalized spacial score (nSPS) is 18.7. The van der Waals surface area contributed by atoms with Crippen LogP contribution in [-0.2, 0) is 9.84 Å². The summed E-state index contributed by atoms with van der Waals surface area (Å²) in [6, 6.07) is 5.50. The van der Waals surface area contributed by atoms with E-state index in [0.717, 1.165) is 10.0 Å². The third-order valence-corrected chi connectivity index (χ3v) is 5.72. The Morgan fingerprint density at radius 1 is 1.28 bits per heavy atom. The lowest BCUT2D eigenvalue weighted by Crippen LogP contribution is -2.43. The Kier molecular flexibility index (Phi) is 3.77. The molecule has 0 spiro atoms. The van der Waals surface area contributed by atoms with Crippen molar-refractivity contribution in [3.05, 3.63) is 33.8 Å². The highest BCUT2D eigenvalue weighted by Crippen LogP contribution is 2.23. The van der Waals surface area contributed by atoms with E-state index < -0.39 is 9.84 Å². The Bertz CT molecular complexity index is 569. The molecule has 6 heteroatoms. The second-order valence-corrected chi connectivity index (χ2v) is 7.48. The van der Waals surface area contributed by atoms with Gasteiger partial charge >= 0.3 is 0 Å². The van der Waals surface area contributed by atoms with Gasteiger partial charge in [0.1, 0.15) is 0 Å². The van der Waals surface area contributed by atoms with E-state index >= 15 is 0 Å². The molecule has 1 heterocycles. The number of sulfone groups is 1. The monoisotopic (exact) mass is 331 g/mol. The molecule has 0 radical (unpaired) electrons. The van der Waals surface area contributed by atoms with E-state index in [4.69, 9.17) is 0 Å². The molecule has 98 valence electrons. The quantitative estimate of drug-likeness (QED) is 0.785. The zero-order chi connectivity index (χ0) is 13.3. The van der Waals surface area contributed by atoms with Crippen molar-refractivity contribution in [3.8, 4) is 0 Å². The van der Waals surface area contributed by atoms with Gasteiger partial charge in [-0.05, 0) is 34.5 Å². The number of nitrogens with zero attached hydrogens (tertiary/aromatic N) is 1. The zero-order valence-corrected chi connectivity index (χ0v) is 12.4. The van der Waals surface area contributed by atoms with Gasteiger partial charge in [-0.2, -0.15) is 0 Å². The maximum Gasteiger partial charge on any atom is 0.255 e. The minimum absolute atomic E-state index is 0.0577. The largest absolute Gasteiger partial charge is 0.337 e. The van der Waals surface area contributed by atoms with Crippen LogP contribution in [-0.4, -0.2) is 43.8 Å². The van der Waals surface area contributed by atoms with E-state index in [2.05, 4.69) is 15.9 Å². The fraction of sp³-hybridized carbons (Fsp3) is 0.417. The lowest BCUT2D eigenvalue weighted by molar-refractivity contribution is 0.0769. The minimum Gasteiger partial charge on any atom is -0.337 e. The Balaban J connectivity index is 2.20. The molecule has 1 amide bonds. The summed E-state index contributed by atoms with van der Waals surface area (Å²) < 4.78 is 23.4. The van der Waals surface area contributed by atoms with E-state index in [1.54, 1.807) is 11.0 Å². The number of aryl methyl sites for hydroxylation is 1. The highest BCUT2D eigenvalue weighted by molar-refractivity contribution is 9.10. The van der Waals surface area contributed by atoms with Gasteiger partial charge in [0.05, 0.1) is 17.1 Å². The summed E-state index contributed by atoms with van der Waals surface area (Å²) in [4.78, 5) is 13.9. The molecule has 0 aliphatic carbocycles. The van der Waals surface area contributed by atoms with Crippen molar-refractivity contribution in [3.63, 3.8) is 0 Å². The van der Waals surface area contributed by atoms with Crippen molar-refractivity contribution in [1.82, 2.24) is 4.90 Å². The van der Waals surface area contributed by atoms with E-state index in [1.807, 2.05) is 19.1 Å². The predicted octanol–water partition coefficient (Wildman–Crippen LogP) is 1.63.